The Kier molecular flexibility index (Phi) is 5.51. The van der Waals surface area contributed by atoms with E-state index in [2.05, 4.69) is 11.9 Å². The van der Waals surface area contributed by atoms with Gasteiger partial charge in [0.1, 0.15) is 6.61 Å². The molecule has 0 spiro atoms. The third kappa shape index (κ3) is 4.72. The predicted octanol–water partition coefficient (Wildman–Crippen LogP) is 2.54. The maximum atomic E-state index is 11.9. The Morgan fingerprint density at radius 3 is 2.71 bits per heavy atom. The van der Waals surface area contributed by atoms with Crippen molar-refractivity contribution in [2.45, 2.75) is 25.4 Å². The first-order valence-corrected chi connectivity index (χ1v) is 7.01. The lowest BCUT2D eigenvalue weighted by Crippen LogP contribution is -2.25. The van der Waals surface area contributed by atoms with Crippen molar-refractivity contribution >= 4 is 17.6 Å². The van der Waals surface area contributed by atoms with Gasteiger partial charge in [-0.25, -0.2) is 4.79 Å². The minimum atomic E-state index is -0.384. The van der Waals surface area contributed by atoms with Crippen molar-refractivity contribution in [1.82, 2.24) is 0 Å². The fraction of sp³-hybridized carbons (Fsp3) is 0.375. The van der Waals surface area contributed by atoms with Crippen LogP contribution in [-0.4, -0.2) is 31.2 Å². The van der Waals surface area contributed by atoms with Gasteiger partial charge in [-0.3, -0.25) is 4.79 Å². The van der Waals surface area contributed by atoms with Crippen LogP contribution in [0.15, 0.2) is 36.9 Å². The third-order valence-corrected chi connectivity index (χ3v) is 3.25. The van der Waals surface area contributed by atoms with Crippen LogP contribution in [0.3, 0.4) is 0 Å². The standard InChI is InChI=1S/C16H19NO4/c1-2-15(18)17-13-8-6-12(7-9-13)16(19)21-11-14-5-3-4-10-20-14/h2,6-9,14H,1,3-5,10-11H2,(H,17,18). The van der Waals surface area contributed by atoms with Crippen LogP contribution >= 0.6 is 0 Å². The van der Waals surface area contributed by atoms with Gasteiger partial charge in [-0.2, -0.15) is 0 Å². The van der Waals surface area contributed by atoms with Gasteiger partial charge in [0.15, 0.2) is 0 Å². The molecule has 1 fully saturated rings. The van der Waals surface area contributed by atoms with Crippen molar-refractivity contribution in [1.29, 1.82) is 0 Å². The molecule has 5 nitrogen and oxygen atoms in total. The predicted molar refractivity (Wildman–Crippen MR) is 79.1 cm³/mol. The van der Waals surface area contributed by atoms with Crippen LogP contribution in [0.5, 0.6) is 0 Å². The molecule has 1 heterocycles. The number of hydrogen-bond donors (Lipinski definition) is 1. The summed E-state index contributed by atoms with van der Waals surface area (Å²) in [6, 6.07) is 6.52. The summed E-state index contributed by atoms with van der Waals surface area (Å²) in [5, 5.41) is 2.61. The van der Waals surface area contributed by atoms with E-state index in [1.165, 1.54) is 6.08 Å². The van der Waals surface area contributed by atoms with Crippen molar-refractivity contribution in [3.8, 4) is 0 Å². The molecule has 1 unspecified atom stereocenters. The fourth-order valence-electron chi connectivity index (χ4n) is 2.07. The Bertz CT molecular complexity index is 504. The van der Waals surface area contributed by atoms with E-state index in [0.29, 0.717) is 11.3 Å². The highest BCUT2D eigenvalue weighted by Crippen LogP contribution is 2.14. The van der Waals surface area contributed by atoms with E-state index < -0.39 is 0 Å². The number of rotatable bonds is 5. The molecule has 1 aliphatic heterocycles. The zero-order valence-electron chi connectivity index (χ0n) is 11.8. The average molecular weight is 289 g/mol. The van der Waals surface area contributed by atoms with E-state index >= 15 is 0 Å². The molecule has 1 saturated heterocycles. The van der Waals surface area contributed by atoms with E-state index in [-0.39, 0.29) is 24.6 Å². The number of esters is 1. The second-order valence-corrected chi connectivity index (χ2v) is 4.86. The number of carbonyl (C=O) groups is 2. The highest BCUT2D eigenvalue weighted by atomic mass is 16.6. The Morgan fingerprint density at radius 1 is 1.33 bits per heavy atom. The Hall–Kier alpha value is -2.14. The first-order chi connectivity index (χ1) is 10.2. The van der Waals surface area contributed by atoms with Crippen LogP contribution in [0.25, 0.3) is 0 Å². The SMILES string of the molecule is C=CC(=O)Nc1ccc(C(=O)OCC2CCCCO2)cc1. The molecule has 1 aromatic carbocycles. The lowest BCUT2D eigenvalue weighted by molar-refractivity contribution is -0.111. The van der Waals surface area contributed by atoms with Crippen LogP contribution in [0.4, 0.5) is 5.69 Å². The normalized spacial score (nSPS) is 17.8. The molecule has 21 heavy (non-hydrogen) atoms. The van der Waals surface area contributed by atoms with Crippen molar-refractivity contribution in [3.63, 3.8) is 0 Å². The molecule has 1 N–H and O–H groups in total. The summed E-state index contributed by atoms with van der Waals surface area (Å²) >= 11 is 0. The third-order valence-electron chi connectivity index (χ3n) is 3.25. The fourth-order valence-corrected chi connectivity index (χ4v) is 2.07. The number of ether oxygens (including phenoxy) is 2. The molecule has 0 aromatic heterocycles. The van der Waals surface area contributed by atoms with Crippen LogP contribution in [0, 0.1) is 0 Å². The van der Waals surface area contributed by atoms with Gasteiger partial charge in [0, 0.05) is 12.3 Å². The Labute approximate surface area is 123 Å². The highest BCUT2D eigenvalue weighted by Gasteiger charge is 2.16. The summed E-state index contributed by atoms with van der Waals surface area (Å²) < 4.78 is 10.7. The van der Waals surface area contributed by atoms with Gasteiger partial charge < -0.3 is 14.8 Å². The van der Waals surface area contributed by atoms with Crippen LogP contribution < -0.4 is 5.32 Å². The largest absolute Gasteiger partial charge is 0.459 e. The number of nitrogens with one attached hydrogen (secondary N) is 1. The molecule has 1 amide bonds. The number of carbonyl (C=O) groups excluding carboxylic acids is 2. The van der Waals surface area contributed by atoms with Gasteiger partial charge in [0.2, 0.25) is 5.91 Å². The molecule has 0 aliphatic carbocycles. The van der Waals surface area contributed by atoms with E-state index in [1.54, 1.807) is 24.3 Å². The van der Waals surface area contributed by atoms with Gasteiger partial charge >= 0.3 is 5.97 Å². The minimum absolute atomic E-state index is 0.00820. The van der Waals surface area contributed by atoms with Crippen LogP contribution in [-0.2, 0) is 14.3 Å². The van der Waals surface area contributed by atoms with E-state index in [9.17, 15) is 9.59 Å². The molecular weight excluding hydrogens is 270 g/mol. The van der Waals surface area contributed by atoms with E-state index in [4.69, 9.17) is 9.47 Å². The van der Waals surface area contributed by atoms with Crippen LogP contribution in [0.1, 0.15) is 29.6 Å². The van der Waals surface area contributed by atoms with Crippen molar-refractivity contribution in [3.05, 3.63) is 42.5 Å². The van der Waals surface area contributed by atoms with E-state index in [1.807, 2.05) is 0 Å². The van der Waals surface area contributed by atoms with Gasteiger partial charge in [-0.1, -0.05) is 6.58 Å². The quantitative estimate of drug-likeness (QED) is 0.668. The molecule has 1 atom stereocenters. The minimum Gasteiger partial charge on any atom is -0.459 e. The van der Waals surface area contributed by atoms with Gasteiger partial charge in [0.25, 0.3) is 0 Å². The summed E-state index contributed by atoms with van der Waals surface area (Å²) in [4.78, 5) is 23.0. The van der Waals surface area contributed by atoms with Crippen molar-refractivity contribution in [2.75, 3.05) is 18.5 Å². The number of amides is 1. The summed E-state index contributed by atoms with van der Waals surface area (Å²) in [6.07, 6.45) is 4.31. The topological polar surface area (TPSA) is 64.6 Å². The summed E-state index contributed by atoms with van der Waals surface area (Å²) in [5.74, 6) is -0.675. The first-order valence-electron chi connectivity index (χ1n) is 7.01. The number of hydrogen-bond acceptors (Lipinski definition) is 4. The molecule has 0 bridgehead atoms. The van der Waals surface area contributed by atoms with Crippen molar-refractivity contribution in [2.24, 2.45) is 0 Å². The molecule has 1 aliphatic rings. The maximum absolute atomic E-state index is 11.9. The molecular formula is C16H19NO4. The zero-order valence-corrected chi connectivity index (χ0v) is 11.8. The molecule has 112 valence electrons. The van der Waals surface area contributed by atoms with Crippen molar-refractivity contribution < 1.29 is 19.1 Å². The lowest BCUT2D eigenvalue weighted by atomic mass is 10.1. The summed E-state index contributed by atoms with van der Waals surface area (Å²) in [6.45, 7) is 4.39. The first kappa shape index (κ1) is 15.3. The molecule has 0 saturated carbocycles. The molecule has 0 radical (unpaired) electrons. The Morgan fingerprint density at radius 2 is 2.10 bits per heavy atom. The Balaban J connectivity index is 1.84. The van der Waals surface area contributed by atoms with E-state index in [0.717, 1.165) is 25.9 Å². The second-order valence-electron chi connectivity index (χ2n) is 4.86. The number of anilines is 1. The highest BCUT2D eigenvalue weighted by molar-refractivity contribution is 5.99. The van der Waals surface area contributed by atoms with Gasteiger partial charge in [-0.05, 0) is 49.6 Å². The maximum Gasteiger partial charge on any atom is 0.338 e. The van der Waals surface area contributed by atoms with Crippen LogP contribution in [0.2, 0.25) is 0 Å². The average Bonchev–Trinajstić information content (AvgIpc) is 2.54. The lowest BCUT2D eigenvalue weighted by Gasteiger charge is -2.22. The van der Waals surface area contributed by atoms with Gasteiger partial charge in [0.05, 0.1) is 11.7 Å². The second kappa shape index (κ2) is 7.59. The molecule has 5 heteroatoms. The van der Waals surface area contributed by atoms with Gasteiger partial charge in [-0.15, -0.1) is 0 Å². The summed E-state index contributed by atoms with van der Waals surface area (Å²) in [7, 11) is 0. The zero-order chi connectivity index (χ0) is 15.1. The monoisotopic (exact) mass is 289 g/mol. The summed E-state index contributed by atoms with van der Waals surface area (Å²) in [5.41, 5.74) is 1.05. The molecule has 2 rings (SSSR count). The molecule has 1 aromatic rings. The number of benzene rings is 1. The smallest absolute Gasteiger partial charge is 0.338 e.